The zero-order chi connectivity index (χ0) is 13.7. The van der Waals surface area contributed by atoms with Gasteiger partial charge >= 0.3 is 0 Å². The van der Waals surface area contributed by atoms with E-state index in [1.54, 1.807) is 12.3 Å². The zero-order valence-electron chi connectivity index (χ0n) is 9.78. The first-order chi connectivity index (χ1) is 9.20. The molecule has 0 aliphatic carbocycles. The number of nitrogens with one attached hydrogen (secondary N) is 1. The van der Waals surface area contributed by atoms with Crippen molar-refractivity contribution in [2.24, 2.45) is 0 Å². The molecular formula is C12H9N5O2. The van der Waals surface area contributed by atoms with E-state index in [-0.39, 0.29) is 11.3 Å². The SMILES string of the molecule is N#Cc1ccc(NCc2ccncn2)c([N+](=O)[O-])c1. The van der Waals surface area contributed by atoms with Crippen LogP contribution in [0.15, 0.2) is 36.8 Å². The van der Waals surface area contributed by atoms with Crippen LogP contribution in [-0.4, -0.2) is 14.9 Å². The minimum atomic E-state index is -0.525. The van der Waals surface area contributed by atoms with E-state index in [0.29, 0.717) is 17.9 Å². The molecule has 0 spiro atoms. The Balaban J connectivity index is 2.21. The van der Waals surface area contributed by atoms with Crippen LogP contribution < -0.4 is 5.32 Å². The molecule has 1 aromatic heterocycles. The second-order valence-electron chi connectivity index (χ2n) is 3.66. The summed E-state index contributed by atoms with van der Waals surface area (Å²) in [5.41, 5.74) is 1.18. The van der Waals surface area contributed by atoms with Crippen molar-refractivity contribution in [2.75, 3.05) is 5.32 Å². The number of nitro groups is 1. The molecule has 94 valence electrons. The average molecular weight is 255 g/mol. The summed E-state index contributed by atoms with van der Waals surface area (Å²) in [6.07, 6.45) is 3.00. The molecule has 0 unspecified atom stereocenters. The summed E-state index contributed by atoms with van der Waals surface area (Å²) < 4.78 is 0. The summed E-state index contributed by atoms with van der Waals surface area (Å²) in [5.74, 6) is 0. The van der Waals surface area contributed by atoms with E-state index in [2.05, 4.69) is 15.3 Å². The van der Waals surface area contributed by atoms with E-state index in [1.807, 2.05) is 6.07 Å². The Morgan fingerprint density at radius 1 is 1.42 bits per heavy atom. The topological polar surface area (TPSA) is 105 Å². The van der Waals surface area contributed by atoms with Crippen LogP contribution >= 0.6 is 0 Å². The molecule has 7 nitrogen and oxygen atoms in total. The molecule has 19 heavy (non-hydrogen) atoms. The van der Waals surface area contributed by atoms with Crippen molar-refractivity contribution in [3.63, 3.8) is 0 Å². The molecule has 0 radical (unpaired) electrons. The maximum absolute atomic E-state index is 10.9. The third-order valence-electron chi connectivity index (χ3n) is 2.43. The molecule has 1 aromatic carbocycles. The normalized spacial score (nSPS) is 9.63. The Kier molecular flexibility index (Phi) is 3.64. The second kappa shape index (κ2) is 5.55. The first-order valence-corrected chi connectivity index (χ1v) is 5.38. The van der Waals surface area contributed by atoms with Gasteiger partial charge in [-0.25, -0.2) is 9.97 Å². The maximum atomic E-state index is 10.9. The molecule has 0 amide bonds. The van der Waals surface area contributed by atoms with Crippen molar-refractivity contribution in [1.29, 1.82) is 5.26 Å². The van der Waals surface area contributed by atoms with Gasteiger partial charge in [0, 0.05) is 12.3 Å². The van der Waals surface area contributed by atoms with Gasteiger partial charge in [0.15, 0.2) is 0 Å². The molecule has 0 aliphatic rings. The van der Waals surface area contributed by atoms with Gasteiger partial charge in [-0.3, -0.25) is 10.1 Å². The Labute approximate surface area is 108 Å². The van der Waals surface area contributed by atoms with Crippen molar-refractivity contribution < 1.29 is 4.92 Å². The summed E-state index contributed by atoms with van der Waals surface area (Å²) in [7, 11) is 0. The van der Waals surface area contributed by atoms with Gasteiger partial charge in [0.2, 0.25) is 0 Å². The van der Waals surface area contributed by atoms with Gasteiger partial charge in [0.1, 0.15) is 12.0 Å². The number of rotatable bonds is 4. The number of benzene rings is 1. The molecule has 0 aliphatic heterocycles. The third kappa shape index (κ3) is 3.01. The lowest BCUT2D eigenvalue weighted by molar-refractivity contribution is -0.384. The highest BCUT2D eigenvalue weighted by molar-refractivity contribution is 5.64. The van der Waals surface area contributed by atoms with E-state index in [4.69, 9.17) is 5.26 Å². The van der Waals surface area contributed by atoms with Crippen LogP contribution in [0.2, 0.25) is 0 Å². The standard InChI is InChI=1S/C12H9N5O2/c13-6-9-1-2-11(12(5-9)17(18)19)15-7-10-3-4-14-8-16-10/h1-5,8,15H,7H2. The van der Waals surface area contributed by atoms with Crippen LogP contribution in [0.3, 0.4) is 0 Å². The zero-order valence-corrected chi connectivity index (χ0v) is 9.78. The van der Waals surface area contributed by atoms with Crippen molar-refractivity contribution >= 4 is 11.4 Å². The fraction of sp³-hybridized carbons (Fsp3) is 0.0833. The van der Waals surface area contributed by atoms with E-state index >= 15 is 0 Å². The minimum Gasteiger partial charge on any atom is -0.374 e. The molecule has 2 rings (SSSR count). The maximum Gasteiger partial charge on any atom is 0.293 e. The van der Waals surface area contributed by atoms with Crippen molar-refractivity contribution in [2.45, 2.75) is 6.54 Å². The minimum absolute atomic E-state index is 0.131. The Bertz CT molecular complexity index is 636. The largest absolute Gasteiger partial charge is 0.374 e. The lowest BCUT2D eigenvalue weighted by Gasteiger charge is -2.06. The van der Waals surface area contributed by atoms with E-state index in [0.717, 1.165) is 0 Å². The predicted molar refractivity (Wildman–Crippen MR) is 67.2 cm³/mol. The first-order valence-electron chi connectivity index (χ1n) is 5.38. The van der Waals surface area contributed by atoms with Crippen LogP contribution in [0.1, 0.15) is 11.3 Å². The van der Waals surface area contributed by atoms with E-state index in [9.17, 15) is 10.1 Å². The summed E-state index contributed by atoms with van der Waals surface area (Å²) in [4.78, 5) is 18.2. The molecule has 0 saturated heterocycles. The highest BCUT2D eigenvalue weighted by Gasteiger charge is 2.14. The van der Waals surface area contributed by atoms with Gasteiger partial charge in [0.25, 0.3) is 5.69 Å². The quantitative estimate of drug-likeness (QED) is 0.660. The fourth-order valence-corrected chi connectivity index (χ4v) is 1.51. The molecule has 0 atom stereocenters. The summed E-state index contributed by atoms with van der Waals surface area (Å²) >= 11 is 0. The third-order valence-corrected chi connectivity index (χ3v) is 2.43. The number of nitrogens with zero attached hydrogens (tertiary/aromatic N) is 4. The van der Waals surface area contributed by atoms with Crippen molar-refractivity contribution in [3.8, 4) is 6.07 Å². The molecule has 0 bridgehead atoms. The molecule has 1 heterocycles. The van der Waals surface area contributed by atoms with Crippen molar-refractivity contribution in [3.05, 3.63) is 58.2 Å². The first kappa shape index (κ1) is 12.4. The molecule has 1 N–H and O–H groups in total. The molecule has 7 heteroatoms. The van der Waals surface area contributed by atoms with E-state index < -0.39 is 4.92 Å². The van der Waals surface area contributed by atoms with Crippen LogP contribution in [0.25, 0.3) is 0 Å². The summed E-state index contributed by atoms with van der Waals surface area (Å²) in [5, 5.41) is 22.6. The fourth-order valence-electron chi connectivity index (χ4n) is 1.51. The van der Waals surface area contributed by atoms with Gasteiger partial charge in [-0.1, -0.05) is 0 Å². The highest BCUT2D eigenvalue weighted by atomic mass is 16.6. The van der Waals surface area contributed by atoms with Crippen LogP contribution in [0, 0.1) is 21.4 Å². The predicted octanol–water partition coefficient (Wildman–Crippen LogP) is 1.87. The lowest BCUT2D eigenvalue weighted by atomic mass is 10.2. The molecular weight excluding hydrogens is 246 g/mol. The number of hydrogen-bond donors (Lipinski definition) is 1. The number of anilines is 1. The summed E-state index contributed by atoms with van der Waals surface area (Å²) in [6.45, 7) is 0.343. The number of aromatic nitrogens is 2. The number of nitro benzene ring substituents is 1. The highest BCUT2D eigenvalue weighted by Crippen LogP contribution is 2.25. The van der Waals surface area contributed by atoms with Gasteiger partial charge in [0.05, 0.1) is 28.8 Å². The van der Waals surface area contributed by atoms with Crippen molar-refractivity contribution in [1.82, 2.24) is 9.97 Å². The van der Waals surface area contributed by atoms with Crippen LogP contribution in [0.4, 0.5) is 11.4 Å². The summed E-state index contributed by atoms with van der Waals surface area (Å²) in [6, 6.07) is 7.85. The number of nitriles is 1. The van der Waals surface area contributed by atoms with Gasteiger partial charge in [-0.05, 0) is 18.2 Å². The second-order valence-corrected chi connectivity index (χ2v) is 3.66. The Morgan fingerprint density at radius 2 is 2.26 bits per heavy atom. The lowest BCUT2D eigenvalue weighted by Crippen LogP contribution is -2.04. The molecule has 0 saturated carbocycles. The van der Waals surface area contributed by atoms with Crippen LogP contribution in [-0.2, 0) is 6.54 Å². The van der Waals surface area contributed by atoms with Gasteiger partial charge in [-0.15, -0.1) is 0 Å². The smallest absolute Gasteiger partial charge is 0.293 e. The molecule has 0 fully saturated rings. The van der Waals surface area contributed by atoms with Gasteiger partial charge in [-0.2, -0.15) is 5.26 Å². The van der Waals surface area contributed by atoms with E-state index in [1.165, 1.54) is 24.5 Å². The monoisotopic (exact) mass is 255 g/mol. The Morgan fingerprint density at radius 3 is 2.89 bits per heavy atom. The molecule has 2 aromatic rings. The van der Waals surface area contributed by atoms with Crippen LogP contribution in [0.5, 0.6) is 0 Å². The Hall–Kier alpha value is -3.01. The van der Waals surface area contributed by atoms with Gasteiger partial charge < -0.3 is 5.32 Å². The average Bonchev–Trinajstić information content (AvgIpc) is 2.46. The number of hydrogen-bond acceptors (Lipinski definition) is 6.